The third-order valence-electron chi connectivity index (χ3n) is 3.23. The SMILES string of the molecule is O=C(CC1CCSCC1)c1cc(F)cc([N+](=O)[O-])c1. The van der Waals surface area contributed by atoms with Gasteiger partial charge in [-0.1, -0.05) is 0 Å². The quantitative estimate of drug-likeness (QED) is 0.482. The summed E-state index contributed by atoms with van der Waals surface area (Å²) in [5.41, 5.74) is -0.271. The second-order valence-corrected chi connectivity index (χ2v) is 5.86. The van der Waals surface area contributed by atoms with Crippen LogP contribution in [0.4, 0.5) is 10.1 Å². The number of nitrogens with zero attached hydrogens (tertiary/aromatic N) is 1. The molecular weight excluding hydrogens is 269 g/mol. The van der Waals surface area contributed by atoms with E-state index in [1.807, 2.05) is 11.8 Å². The molecule has 2 rings (SSSR count). The average molecular weight is 283 g/mol. The molecule has 19 heavy (non-hydrogen) atoms. The van der Waals surface area contributed by atoms with E-state index in [2.05, 4.69) is 0 Å². The fourth-order valence-corrected chi connectivity index (χ4v) is 3.38. The summed E-state index contributed by atoms with van der Waals surface area (Å²) in [5, 5.41) is 10.6. The predicted molar refractivity (Wildman–Crippen MR) is 72.1 cm³/mol. The standard InChI is InChI=1S/C13H14FNO3S/c14-11-6-10(7-12(8-11)15(17)18)13(16)5-9-1-3-19-4-2-9/h6-9H,1-5H2. The molecular formula is C13H14FNO3S. The van der Waals surface area contributed by atoms with Crippen LogP contribution in [0.2, 0.25) is 0 Å². The minimum Gasteiger partial charge on any atom is -0.294 e. The van der Waals surface area contributed by atoms with Crippen LogP contribution < -0.4 is 0 Å². The molecule has 0 spiro atoms. The van der Waals surface area contributed by atoms with Gasteiger partial charge in [0.25, 0.3) is 5.69 Å². The van der Waals surface area contributed by atoms with Crippen molar-refractivity contribution in [2.75, 3.05) is 11.5 Å². The van der Waals surface area contributed by atoms with Gasteiger partial charge in [-0.05, 0) is 36.3 Å². The number of nitro groups is 1. The van der Waals surface area contributed by atoms with E-state index in [0.717, 1.165) is 42.5 Å². The van der Waals surface area contributed by atoms with Crippen LogP contribution in [0.25, 0.3) is 0 Å². The Labute approximate surface area is 114 Å². The first-order valence-electron chi connectivity index (χ1n) is 6.12. The van der Waals surface area contributed by atoms with Crippen molar-refractivity contribution in [1.82, 2.24) is 0 Å². The molecule has 0 amide bonds. The highest BCUT2D eigenvalue weighted by Crippen LogP contribution is 2.27. The molecule has 1 aromatic carbocycles. The Bertz CT molecular complexity index is 501. The van der Waals surface area contributed by atoms with Crippen molar-refractivity contribution in [3.63, 3.8) is 0 Å². The van der Waals surface area contributed by atoms with E-state index in [-0.39, 0.29) is 17.0 Å². The maximum absolute atomic E-state index is 13.3. The zero-order valence-corrected chi connectivity index (χ0v) is 11.1. The van der Waals surface area contributed by atoms with Gasteiger partial charge in [0, 0.05) is 18.1 Å². The highest BCUT2D eigenvalue weighted by Gasteiger charge is 2.20. The number of carbonyl (C=O) groups excluding carboxylic acids is 1. The van der Waals surface area contributed by atoms with Crippen LogP contribution in [-0.2, 0) is 0 Å². The second-order valence-electron chi connectivity index (χ2n) is 4.64. The first-order chi connectivity index (χ1) is 9.06. The van der Waals surface area contributed by atoms with E-state index in [1.165, 1.54) is 0 Å². The van der Waals surface area contributed by atoms with Crippen molar-refractivity contribution in [3.05, 3.63) is 39.7 Å². The Hall–Kier alpha value is -1.43. The predicted octanol–water partition coefficient (Wildman–Crippen LogP) is 3.45. The topological polar surface area (TPSA) is 60.2 Å². The minimum absolute atomic E-state index is 0.102. The van der Waals surface area contributed by atoms with Gasteiger partial charge in [-0.15, -0.1) is 0 Å². The average Bonchev–Trinajstić information content (AvgIpc) is 2.39. The molecule has 0 saturated carbocycles. The monoisotopic (exact) mass is 283 g/mol. The summed E-state index contributed by atoms with van der Waals surface area (Å²) in [4.78, 5) is 22.0. The first-order valence-corrected chi connectivity index (χ1v) is 7.27. The lowest BCUT2D eigenvalue weighted by Gasteiger charge is -2.20. The summed E-state index contributed by atoms with van der Waals surface area (Å²) >= 11 is 1.87. The van der Waals surface area contributed by atoms with Crippen LogP contribution in [0.1, 0.15) is 29.6 Å². The van der Waals surface area contributed by atoms with Crippen molar-refractivity contribution in [3.8, 4) is 0 Å². The fraction of sp³-hybridized carbons (Fsp3) is 0.462. The van der Waals surface area contributed by atoms with E-state index < -0.39 is 10.7 Å². The van der Waals surface area contributed by atoms with Crippen LogP contribution in [0.3, 0.4) is 0 Å². The number of carbonyl (C=O) groups is 1. The van der Waals surface area contributed by atoms with Crippen LogP contribution in [-0.4, -0.2) is 22.2 Å². The normalized spacial score (nSPS) is 16.3. The van der Waals surface area contributed by atoms with Gasteiger partial charge in [-0.2, -0.15) is 11.8 Å². The fourth-order valence-electron chi connectivity index (χ4n) is 2.17. The Kier molecular flexibility index (Phi) is 4.52. The van der Waals surface area contributed by atoms with E-state index in [9.17, 15) is 19.3 Å². The largest absolute Gasteiger partial charge is 0.294 e. The van der Waals surface area contributed by atoms with Crippen molar-refractivity contribution < 1.29 is 14.1 Å². The second kappa shape index (κ2) is 6.14. The number of nitro benzene ring substituents is 1. The van der Waals surface area contributed by atoms with E-state index >= 15 is 0 Å². The molecule has 1 aliphatic rings. The molecule has 1 aliphatic heterocycles. The van der Waals surface area contributed by atoms with Crippen molar-refractivity contribution in [2.45, 2.75) is 19.3 Å². The molecule has 0 atom stereocenters. The third kappa shape index (κ3) is 3.76. The van der Waals surface area contributed by atoms with E-state index in [4.69, 9.17) is 0 Å². The van der Waals surface area contributed by atoms with E-state index in [1.54, 1.807) is 0 Å². The lowest BCUT2D eigenvalue weighted by molar-refractivity contribution is -0.385. The Morgan fingerprint density at radius 2 is 2.05 bits per heavy atom. The maximum Gasteiger partial charge on any atom is 0.273 e. The van der Waals surface area contributed by atoms with Gasteiger partial charge in [-0.3, -0.25) is 14.9 Å². The van der Waals surface area contributed by atoms with Crippen molar-refractivity contribution in [1.29, 1.82) is 0 Å². The highest BCUT2D eigenvalue weighted by atomic mass is 32.2. The molecule has 0 radical (unpaired) electrons. The molecule has 1 heterocycles. The number of non-ortho nitro benzene ring substituents is 1. The van der Waals surface area contributed by atoms with Crippen molar-refractivity contribution >= 4 is 23.2 Å². The number of hydrogen-bond acceptors (Lipinski definition) is 4. The summed E-state index contributed by atoms with van der Waals surface area (Å²) in [5.74, 6) is 1.45. The highest BCUT2D eigenvalue weighted by molar-refractivity contribution is 7.99. The number of thioether (sulfide) groups is 1. The first kappa shape index (κ1) is 14.0. The van der Waals surface area contributed by atoms with Crippen LogP contribution in [0.15, 0.2) is 18.2 Å². The van der Waals surface area contributed by atoms with Gasteiger partial charge in [0.1, 0.15) is 5.82 Å². The van der Waals surface area contributed by atoms with Gasteiger partial charge in [0.05, 0.1) is 11.0 Å². The molecule has 0 bridgehead atoms. The summed E-state index contributed by atoms with van der Waals surface area (Å²) in [7, 11) is 0. The summed E-state index contributed by atoms with van der Waals surface area (Å²) in [6.45, 7) is 0. The van der Waals surface area contributed by atoms with Crippen LogP contribution >= 0.6 is 11.8 Å². The molecule has 102 valence electrons. The van der Waals surface area contributed by atoms with Gasteiger partial charge in [-0.25, -0.2) is 4.39 Å². The Balaban J connectivity index is 2.11. The van der Waals surface area contributed by atoms with Crippen LogP contribution in [0, 0.1) is 21.8 Å². The Morgan fingerprint density at radius 3 is 2.68 bits per heavy atom. The molecule has 0 aliphatic carbocycles. The van der Waals surface area contributed by atoms with Gasteiger partial charge in [0.15, 0.2) is 5.78 Å². The molecule has 1 saturated heterocycles. The van der Waals surface area contributed by atoms with Crippen molar-refractivity contribution in [2.24, 2.45) is 5.92 Å². The smallest absolute Gasteiger partial charge is 0.273 e. The number of halogens is 1. The molecule has 6 heteroatoms. The number of Topliss-reactive ketones (excluding diaryl/α,β-unsaturated/α-hetero) is 1. The molecule has 0 N–H and O–H groups in total. The number of rotatable bonds is 4. The van der Waals surface area contributed by atoms with Gasteiger partial charge >= 0.3 is 0 Å². The summed E-state index contributed by atoms with van der Waals surface area (Å²) < 4.78 is 13.3. The summed E-state index contributed by atoms with van der Waals surface area (Å²) in [6.07, 6.45) is 2.31. The Morgan fingerprint density at radius 1 is 1.37 bits per heavy atom. The number of benzene rings is 1. The maximum atomic E-state index is 13.3. The zero-order chi connectivity index (χ0) is 13.8. The molecule has 0 aromatic heterocycles. The molecule has 4 nitrogen and oxygen atoms in total. The molecule has 1 aromatic rings. The number of ketones is 1. The lowest BCUT2D eigenvalue weighted by Crippen LogP contribution is -2.14. The van der Waals surface area contributed by atoms with E-state index in [0.29, 0.717) is 12.3 Å². The minimum atomic E-state index is -0.739. The lowest BCUT2D eigenvalue weighted by atomic mass is 9.93. The van der Waals surface area contributed by atoms with Crippen LogP contribution in [0.5, 0.6) is 0 Å². The third-order valence-corrected chi connectivity index (χ3v) is 4.28. The molecule has 0 unspecified atom stereocenters. The van der Waals surface area contributed by atoms with Gasteiger partial charge in [0.2, 0.25) is 0 Å². The van der Waals surface area contributed by atoms with Gasteiger partial charge < -0.3 is 0 Å². The molecule has 1 fully saturated rings. The summed E-state index contributed by atoms with van der Waals surface area (Å²) in [6, 6.07) is 3.06. The zero-order valence-electron chi connectivity index (χ0n) is 10.3. The number of hydrogen-bond donors (Lipinski definition) is 0.